The Morgan fingerprint density at radius 1 is 0.625 bits per heavy atom. The lowest BCUT2D eigenvalue weighted by Gasteiger charge is -2.18. The van der Waals surface area contributed by atoms with Gasteiger partial charge in [0.15, 0.2) is 0 Å². The quantitative estimate of drug-likeness (QED) is 0.137. The van der Waals surface area contributed by atoms with Gasteiger partial charge in [-0.25, -0.2) is 0 Å². The normalized spacial score (nSPS) is 23.2. The number of hydrogen-bond acceptors (Lipinski definition) is 0. The van der Waals surface area contributed by atoms with Crippen molar-refractivity contribution < 1.29 is 0 Å². The molecule has 4 unspecified atom stereocenters. The van der Waals surface area contributed by atoms with Crippen molar-refractivity contribution in [3.05, 3.63) is 0 Å². The standard InChI is InChI=1S/C32H62/c1-5-22-28(2)31-27-30(31)24-21-19-17-15-13-11-9-7-6-8-10-12-14-16-18-20-23-29(3)32(4)25-26-32/h28-31H,5-27H2,1-4H3. The molecule has 2 aliphatic rings. The maximum Gasteiger partial charge on any atom is -0.0300 e. The van der Waals surface area contributed by atoms with Crippen molar-refractivity contribution in [3.8, 4) is 0 Å². The predicted octanol–water partition coefficient (Wildman–Crippen LogP) is 11.5. The van der Waals surface area contributed by atoms with Gasteiger partial charge >= 0.3 is 0 Å². The van der Waals surface area contributed by atoms with Crippen LogP contribution in [0, 0.1) is 29.1 Å². The van der Waals surface area contributed by atoms with E-state index in [0.29, 0.717) is 0 Å². The zero-order valence-corrected chi connectivity index (χ0v) is 23.1. The molecule has 2 fully saturated rings. The SMILES string of the molecule is CCCC(C)C1CC1CCCCCCCCCCCCCCCCCCC(C)C1(C)CC1. The molecule has 0 nitrogen and oxygen atoms in total. The van der Waals surface area contributed by atoms with Crippen molar-refractivity contribution in [2.45, 2.75) is 175 Å². The molecular formula is C32H62. The van der Waals surface area contributed by atoms with Gasteiger partial charge in [-0.2, -0.15) is 0 Å². The van der Waals surface area contributed by atoms with E-state index < -0.39 is 0 Å². The Bertz CT molecular complexity index is 433. The van der Waals surface area contributed by atoms with Crippen LogP contribution in [0.25, 0.3) is 0 Å². The second-order valence-corrected chi connectivity index (χ2v) is 12.7. The van der Waals surface area contributed by atoms with Crippen LogP contribution < -0.4 is 0 Å². The average Bonchev–Trinajstić information content (AvgIpc) is 3.70. The van der Waals surface area contributed by atoms with Crippen LogP contribution >= 0.6 is 0 Å². The molecule has 0 heteroatoms. The van der Waals surface area contributed by atoms with Crippen LogP contribution in [-0.2, 0) is 0 Å². The fourth-order valence-corrected chi connectivity index (χ4v) is 6.34. The Balaban J connectivity index is 1.20. The summed E-state index contributed by atoms with van der Waals surface area (Å²) in [6.07, 6.45) is 34.3. The highest BCUT2D eigenvalue weighted by molar-refractivity contribution is 4.92. The summed E-state index contributed by atoms with van der Waals surface area (Å²) in [4.78, 5) is 0. The minimum atomic E-state index is 0.743. The molecule has 0 aromatic rings. The van der Waals surface area contributed by atoms with Crippen molar-refractivity contribution >= 4 is 0 Å². The summed E-state index contributed by atoms with van der Waals surface area (Å²) in [5.74, 6) is 4.19. The highest BCUT2D eigenvalue weighted by Crippen LogP contribution is 2.53. The van der Waals surface area contributed by atoms with Gasteiger partial charge in [-0.3, -0.25) is 0 Å². The molecule has 190 valence electrons. The summed E-state index contributed by atoms with van der Waals surface area (Å²) < 4.78 is 0. The average molecular weight is 447 g/mol. The van der Waals surface area contributed by atoms with E-state index in [1.54, 1.807) is 6.42 Å². The third-order valence-corrected chi connectivity index (χ3v) is 9.64. The molecule has 0 amide bonds. The van der Waals surface area contributed by atoms with Crippen LogP contribution in [0.4, 0.5) is 0 Å². The van der Waals surface area contributed by atoms with Gasteiger partial charge < -0.3 is 0 Å². The van der Waals surface area contributed by atoms with Crippen LogP contribution in [-0.4, -0.2) is 0 Å². The third kappa shape index (κ3) is 12.5. The van der Waals surface area contributed by atoms with E-state index in [1.165, 1.54) is 141 Å². The molecule has 0 N–H and O–H groups in total. The molecule has 0 aromatic heterocycles. The van der Waals surface area contributed by atoms with Crippen LogP contribution in [0.5, 0.6) is 0 Å². The second kappa shape index (κ2) is 16.6. The molecule has 0 bridgehead atoms. The molecule has 2 aliphatic carbocycles. The summed E-state index contributed by atoms with van der Waals surface area (Å²) in [6.45, 7) is 9.82. The molecule has 0 aliphatic heterocycles. The summed E-state index contributed by atoms with van der Waals surface area (Å²) >= 11 is 0. The van der Waals surface area contributed by atoms with Gasteiger partial charge in [0, 0.05) is 0 Å². The lowest BCUT2D eigenvalue weighted by molar-refractivity contribution is 0.329. The Kier molecular flexibility index (Phi) is 14.6. The lowest BCUT2D eigenvalue weighted by Crippen LogP contribution is -2.07. The molecule has 32 heavy (non-hydrogen) atoms. The molecular weight excluding hydrogens is 384 g/mol. The number of hydrogen-bond donors (Lipinski definition) is 0. The van der Waals surface area contributed by atoms with Gasteiger partial charge in [0.05, 0.1) is 0 Å². The minimum absolute atomic E-state index is 0.743. The Hall–Kier alpha value is 0. The van der Waals surface area contributed by atoms with Crippen molar-refractivity contribution in [3.63, 3.8) is 0 Å². The molecule has 0 spiro atoms. The van der Waals surface area contributed by atoms with Crippen LogP contribution in [0.3, 0.4) is 0 Å². The van der Waals surface area contributed by atoms with Gasteiger partial charge in [0.25, 0.3) is 0 Å². The zero-order valence-electron chi connectivity index (χ0n) is 23.1. The topological polar surface area (TPSA) is 0 Å². The van der Waals surface area contributed by atoms with Crippen molar-refractivity contribution in [2.24, 2.45) is 29.1 Å². The van der Waals surface area contributed by atoms with E-state index in [0.717, 1.165) is 29.1 Å². The molecule has 0 aromatic carbocycles. The molecule has 0 radical (unpaired) electrons. The largest absolute Gasteiger partial charge is 0.0654 e. The summed E-state index contributed by atoms with van der Waals surface area (Å²) in [5, 5.41) is 0. The number of unbranched alkanes of at least 4 members (excludes halogenated alkanes) is 15. The molecule has 0 saturated heterocycles. The van der Waals surface area contributed by atoms with Crippen LogP contribution in [0.2, 0.25) is 0 Å². The smallest absolute Gasteiger partial charge is 0.0300 e. The van der Waals surface area contributed by atoms with E-state index >= 15 is 0 Å². The van der Waals surface area contributed by atoms with Crippen molar-refractivity contribution in [2.75, 3.05) is 0 Å². The van der Waals surface area contributed by atoms with E-state index in [-0.39, 0.29) is 0 Å². The van der Waals surface area contributed by atoms with Gasteiger partial charge in [0.2, 0.25) is 0 Å². The van der Waals surface area contributed by atoms with E-state index in [2.05, 4.69) is 27.7 Å². The second-order valence-electron chi connectivity index (χ2n) is 12.7. The summed E-state index contributed by atoms with van der Waals surface area (Å²) in [7, 11) is 0. The maximum absolute atomic E-state index is 2.50. The van der Waals surface area contributed by atoms with Gasteiger partial charge in [-0.1, -0.05) is 156 Å². The monoisotopic (exact) mass is 446 g/mol. The lowest BCUT2D eigenvalue weighted by atomic mass is 9.88. The summed E-state index contributed by atoms with van der Waals surface area (Å²) in [6, 6.07) is 0. The first-order valence-corrected chi connectivity index (χ1v) is 15.6. The molecule has 2 saturated carbocycles. The van der Waals surface area contributed by atoms with Crippen LogP contribution in [0.1, 0.15) is 175 Å². The minimum Gasteiger partial charge on any atom is -0.0654 e. The summed E-state index contributed by atoms with van der Waals surface area (Å²) in [5.41, 5.74) is 0.743. The fraction of sp³-hybridized carbons (Fsp3) is 1.00. The van der Waals surface area contributed by atoms with Gasteiger partial charge in [-0.05, 0) is 48.3 Å². The number of rotatable bonds is 23. The first-order valence-electron chi connectivity index (χ1n) is 15.6. The van der Waals surface area contributed by atoms with E-state index in [4.69, 9.17) is 0 Å². The highest BCUT2D eigenvalue weighted by atomic mass is 14.5. The molecule has 0 heterocycles. The zero-order chi connectivity index (χ0) is 23.1. The Labute approximate surface area is 204 Å². The van der Waals surface area contributed by atoms with Crippen LogP contribution in [0.15, 0.2) is 0 Å². The van der Waals surface area contributed by atoms with Crippen molar-refractivity contribution in [1.82, 2.24) is 0 Å². The Morgan fingerprint density at radius 3 is 1.50 bits per heavy atom. The molecule has 2 rings (SSSR count). The first-order chi connectivity index (χ1) is 15.6. The van der Waals surface area contributed by atoms with E-state index in [9.17, 15) is 0 Å². The third-order valence-electron chi connectivity index (χ3n) is 9.64. The van der Waals surface area contributed by atoms with Crippen molar-refractivity contribution in [1.29, 1.82) is 0 Å². The fourth-order valence-electron chi connectivity index (χ4n) is 6.34. The van der Waals surface area contributed by atoms with E-state index in [1.807, 2.05) is 0 Å². The van der Waals surface area contributed by atoms with Gasteiger partial charge in [0.1, 0.15) is 0 Å². The first kappa shape index (κ1) is 28.2. The predicted molar refractivity (Wildman–Crippen MR) is 145 cm³/mol. The molecule has 4 atom stereocenters. The Morgan fingerprint density at radius 2 is 1.06 bits per heavy atom. The highest BCUT2D eigenvalue weighted by Gasteiger charge is 2.41. The van der Waals surface area contributed by atoms with Gasteiger partial charge in [-0.15, -0.1) is 0 Å². The maximum atomic E-state index is 2.50.